The Hall–Kier alpha value is -3.20. The van der Waals surface area contributed by atoms with Crippen LogP contribution in [0.3, 0.4) is 0 Å². The molecule has 4 rings (SSSR count). The fourth-order valence-corrected chi connectivity index (χ4v) is 5.39. The van der Waals surface area contributed by atoms with Gasteiger partial charge in [-0.25, -0.2) is 8.42 Å². The third-order valence-corrected chi connectivity index (χ3v) is 7.64. The van der Waals surface area contributed by atoms with Gasteiger partial charge in [0.1, 0.15) is 5.75 Å². The topological polar surface area (TPSA) is 79.0 Å². The predicted octanol–water partition coefficient (Wildman–Crippen LogP) is 3.84. The van der Waals surface area contributed by atoms with Crippen molar-refractivity contribution >= 4 is 21.6 Å². The number of rotatable bonds is 8. The zero-order valence-corrected chi connectivity index (χ0v) is 20.0. The predicted molar refractivity (Wildman–Crippen MR) is 132 cm³/mol. The molecule has 0 spiro atoms. The molecule has 7 nitrogen and oxygen atoms in total. The number of hydrogen-bond acceptors (Lipinski definition) is 5. The summed E-state index contributed by atoms with van der Waals surface area (Å²) in [5.74, 6) is 0.587. The molecule has 0 aromatic heterocycles. The van der Waals surface area contributed by atoms with Gasteiger partial charge in [0, 0.05) is 44.0 Å². The van der Waals surface area contributed by atoms with Gasteiger partial charge in [-0.15, -0.1) is 0 Å². The van der Waals surface area contributed by atoms with Crippen molar-refractivity contribution in [3.8, 4) is 5.75 Å². The van der Waals surface area contributed by atoms with Crippen molar-refractivity contribution in [2.45, 2.75) is 18.4 Å². The molecule has 0 unspecified atom stereocenters. The van der Waals surface area contributed by atoms with Crippen LogP contribution in [0.1, 0.15) is 22.8 Å². The highest BCUT2D eigenvalue weighted by Gasteiger charge is 2.28. The monoisotopic (exact) mass is 479 g/mol. The van der Waals surface area contributed by atoms with E-state index in [4.69, 9.17) is 4.74 Å². The standard InChI is InChI=1S/C26H29N3O4S/c1-2-33-24-13-11-23(12-14-24)27-26(30)22-8-6-7-21(19-22)20-28-15-17-29(18-16-28)34(31,32)25-9-4-3-5-10-25/h3-14,19H,2,15-18,20H2,1H3,(H,27,30). The SMILES string of the molecule is CCOc1ccc(NC(=O)c2cccc(CN3CCN(S(=O)(=O)c4ccccc4)CC3)c2)cc1. The van der Waals surface area contributed by atoms with E-state index in [9.17, 15) is 13.2 Å². The van der Waals surface area contributed by atoms with Crippen molar-refractivity contribution in [2.75, 3.05) is 38.1 Å². The van der Waals surface area contributed by atoms with Crippen LogP contribution in [0.5, 0.6) is 5.75 Å². The summed E-state index contributed by atoms with van der Waals surface area (Å²) in [6.45, 7) is 5.32. The zero-order chi connectivity index (χ0) is 24.0. The maximum Gasteiger partial charge on any atom is 0.255 e. The summed E-state index contributed by atoms with van der Waals surface area (Å²) in [7, 11) is -3.47. The summed E-state index contributed by atoms with van der Waals surface area (Å²) in [4.78, 5) is 15.3. The van der Waals surface area contributed by atoms with Crippen LogP contribution in [0.2, 0.25) is 0 Å². The highest BCUT2D eigenvalue weighted by Crippen LogP contribution is 2.19. The van der Waals surface area contributed by atoms with Crippen molar-refractivity contribution in [2.24, 2.45) is 0 Å². The minimum absolute atomic E-state index is 0.176. The molecule has 3 aromatic carbocycles. The van der Waals surface area contributed by atoms with E-state index in [1.165, 1.54) is 0 Å². The number of nitrogens with zero attached hydrogens (tertiary/aromatic N) is 2. The van der Waals surface area contributed by atoms with Gasteiger partial charge in [0.05, 0.1) is 11.5 Å². The van der Waals surface area contributed by atoms with Crippen molar-refractivity contribution in [3.63, 3.8) is 0 Å². The minimum Gasteiger partial charge on any atom is -0.494 e. The Balaban J connectivity index is 1.33. The maximum atomic E-state index is 12.8. The Morgan fingerprint density at radius 1 is 0.912 bits per heavy atom. The highest BCUT2D eigenvalue weighted by molar-refractivity contribution is 7.89. The normalized spacial score (nSPS) is 15.1. The van der Waals surface area contributed by atoms with Gasteiger partial charge in [0.15, 0.2) is 0 Å². The highest BCUT2D eigenvalue weighted by atomic mass is 32.2. The van der Waals surface area contributed by atoms with Crippen LogP contribution in [0.15, 0.2) is 83.8 Å². The van der Waals surface area contributed by atoms with E-state index in [0.717, 1.165) is 11.3 Å². The van der Waals surface area contributed by atoms with Crippen LogP contribution in [0.25, 0.3) is 0 Å². The average molecular weight is 480 g/mol. The number of carbonyl (C=O) groups excluding carboxylic acids is 1. The van der Waals surface area contributed by atoms with Crippen LogP contribution >= 0.6 is 0 Å². The van der Waals surface area contributed by atoms with E-state index < -0.39 is 10.0 Å². The molecule has 3 aromatic rings. The first-order valence-corrected chi connectivity index (χ1v) is 12.8. The minimum atomic E-state index is -3.47. The number of ether oxygens (including phenoxy) is 1. The van der Waals surface area contributed by atoms with Gasteiger partial charge in [0.2, 0.25) is 10.0 Å². The molecule has 1 aliphatic heterocycles. The van der Waals surface area contributed by atoms with Gasteiger partial charge >= 0.3 is 0 Å². The quantitative estimate of drug-likeness (QED) is 0.531. The van der Waals surface area contributed by atoms with E-state index in [0.29, 0.717) is 55.5 Å². The summed E-state index contributed by atoms with van der Waals surface area (Å²) in [6.07, 6.45) is 0. The molecule has 0 bridgehead atoms. The van der Waals surface area contributed by atoms with Gasteiger partial charge in [-0.2, -0.15) is 4.31 Å². The average Bonchev–Trinajstić information content (AvgIpc) is 2.86. The third-order valence-electron chi connectivity index (χ3n) is 5.73. The van der Waals surface area contributed by atoms with E-state index in [1.54, 1.807) is 34.6 Å². The first kappa shape index (κ1) is 23.9. The van der Waals surface area contributed by atoms with Crippen LogP contribution in [0.4, 0.5) is 5.69 Å². The molecule has 0 aliphatic carbocycles. The van der Waals surface area contributed by atoms with Gasteiger partial charge < -0.3 is 10.1 Å². The lowest BCUT2D eigenvalue weighted by molar-refractivity contribution is 0.102. The molecule has 34 heavy (non-hydrogen) atoms. The molecule has 178 valence electrons. The Morgan fingerprint density at radius 3 is 2.29 bits per heavy atom. The van der Waals surface area contributed by atoms with Crippen molar-refractivity contribution in [3.05, 3.63) is 90.0 Å². The number of hydrogen-bond donors (Lipinski definition) is 1. The van der Waals surface area contributed by atoms with Crippen molar-refractivity contribution in [1.82, 2.24) is 9.21 Å². The number of carbonyl (C=O) groups is 1. The number of amides is 1. The Kier molecular flexibility index (Phi) is 7.62. The number of piperazine rings is 1. The smallest absolute Gasteiger partial charge is 0.255 e. The molecular formula is C26H29N3O4S. The molecule has 0 saturated carbocycles. The van der Waals surface area contributed by atoms with E-state index >= 15 is 0 Å². The second kappa shape index (κ2) is 10.8. The molecule has 0 atom stereocenters. The Bertz CT molecular complexity index is 1210. The second-order valence-corrected chi connectivity index (χ2v) is 10.0. The van der Waals surface area contributed by atoms with Crippen LogP contribution < -0.4 is 10.1 Å². The maximum absolute atomic E-state index is 12.8. The molecule has 1 saturated heterocycles. The van der Waals surface area contributed by atoms with Crippen molar-refractivity contribution in [1.29, 1.82) is 0 Å². The van der Waals surface area contributed by atoms with E-state index in [1.807, 2.05) is 55.5 Å². The molecule has 1 amide bonds. The summed E-state index contributed by atoms with van der Waals surface area (Å²) >= 11 is 0. The summed E-state index contributed by atoms with van der Waals surface area (Å²) < 4.78 is 32.6. The van der Waals surface area contributed by atoms with Gasteiger partial charge in [0.25, 0.3) is 5.91 Å². The van der Waals surface area contributed by atoms with Crippen LogP contribution in [-0.4, -0.2) is 56.3 Å². The second-order valence-electron chi connectivity index (χ2n) is 8.11. The van der Waals surface area contributed by atoms with Crippen LogP contribution in [-0.2, 0) is 16.6 Å². The number of nitrogens with one attached hydrogen (secondary N) is 1. The van der Waals surface area contributed by atoms with Gasteiger partial charge in [-0.05, 0) is 61.0 Å². The number of benzene rings is 3. The molecule has 1 N–H and O–H groups in total. The summed E-state index contributed by atoms with van der Waals surface area (Å²) in [6, 6.07) is 23.4. The lowest BCUT2D eigenvalue weighted by Gasteiger charge is -2.34. The Labute approximate surface area is 201 Å². The molecule has 1 fully saturated rings. The third kappa shape index (κ3) is 5.83. The number of anilines is 1. The molecular weight excluding hydrogens is 450 g/mol. The molecule has 1 heterocycles. The first-order valence-electron chi connectivity index (χ1n) is 11.4. The summed E-state index contributed by atoms with van der Waals surface area (Å²) in [5, 5.41) is 2.91. The molecule has 0 radical (unpaired) electrons. The van der Waals surface area contributed by atoms with E-state index in [-0.39, 0.29) is 5.91 Å². The fourth-order valence-electron chi connectivity index (χ4n) is 3.94. The Morgan fingerprint density at radius 2 is 1.62 bits per heavy atom. The summed E-state index contributed by atoms with van der Waals surface area (Å²) in [5.41, 5.74) is 2.30. The van der Waals surface area contributed by atoms with Crippen LogP contribution in [0, 0.1) is 0 Å². The lowest BCUT2D eigenvalue weighted by atomic mass is 10.1. The van der Waals surface area contributed by atoms with E-state index in [2.05, 4.69) is 10.2 Å². The lowest BCUT2D eigenvalue weighted by Crippen LogP contribution is -2.48. The fraction of sp³-hybridized carbons (Fsp3) is 0.269. The molecule has 8 heteroatoms. The van der Waals surface area contributed by atoms with Gasteiger partial charge in [-0.1, -0.05) is 30.3 Å². The van der Waals surface area contributed by atoms with Crippen molar-refractivity contribution < 1.29 is 17.9 Å². The number of sulfonamides is 1. The first-order chi connectivity index (χ1) is 16.5. The largest absolute Gasteiger partial charge is 0.494 e. The van der Waals surface area contributed by atoms with Gasteiger partial charge in [-0.3, -0.25) is 9.69 Å². The molecule has 1 aliphatic rings. The zero-order valence-electron chi connectivity index (χ0n) is 19.2.